The molecule has 3 heteroatoms. The average Bonchev–Trinajstić information content (AvgIpc) is 2.55. The van der Waals surface area contributed by atoms with Crippen LogP contribution in [0.3, 0.4) is 0 Å². The smallest absolute Gasteiger partial charge is 0.0678 e. The number of ether oxygens (including phenoxy) is 1. The van der Waals surface area contributed by atoms with Gasteiger partial charge in [-0.25, -0.2) is 0 Å². The Bertz CT molecular complexity index is 306. The van der Waals surface area contributed by atoms with E-state index in [0.717, 1.165) is 12.3 Å². The van der Waals surface area contributed by atoms with Gasteiger partial charge in [0.15, 0.2) is 0 Å². The second-order valence-electron chi connectivity index (χ2n) is 8.14. The van der Waals surface area contributed by atoms with Gasteiger partial charge < -0.3 is 4.74 Å². The van der Waals surface area contributed by atoms with Crippen molar-refractivity contribution in [2.45, 2.75) is 96.3 Å². The van der Waals surface area contributed by atoms with E-state index in [-0.39, 0.29) is 11.2 Å². The zero-order chi connectivity index (χ0) is 14.8. The number of hydrazine groups is 1. The molecule has 1 saturated heterocycles. The summed E-state index contributed by atoms with van der Waals surface area (Å²) in [6, 6.07) is 0.384. The normalized spacial score (nSPS) is 31.9. The van der Waals surface area contributed by atoms with Crippen LogP contribution in [0.4, 0.5) is 0 Å². The fourth-order valence-corrected chi connectivity index (χ4v) is 4.54. The monoisotopic (exact) mass is 282 g/mol. The van der Waals surface area contributed by atoms with Crippen LogP contribution in [0.1, 0.15) is 79.1 Å². The van der Waals surface area contributed by atoms with E-state index in [4.69, 9.17) is 10.6 Å². The molecule has 2 aliphatic rings. The molecular weight excluding hydrogens is 248 g/mol. The Morgan fingerprint density at radius 2 is 1.70 bits per heavy atom. The molecule has 0 amide bonds. The Morgan fingerprint density at radius 1 is 1.10 bits per heavy atom. The van der Waals surface area contributed by atoms with Gasteiger partial charge in [-0.15, -0.1) is 0 Å². The number of nitrogens with two attached hydrogens (primary N) is 1. The third-order valence-corrected chi connectivity index (χ3v) is 5.41. The molecule has 20 heavy (non-hydrogen) atoms. The van der Waals surface area contributed by atoms with E-state index < -0.39 is 0 Å². The van der Waals surface area contributed by atoms with Crippen molar-refractivity contribution >= 4 is 0 Å². The molecule has 0 bridgehead atoms. The quantitative estimate of drug-likeness (QED) is 0.469. The van der Waals surface area contributed by atoms with Crippen molar-refractivity contribution in [3.8, 4) is 0 Å². The van der Waals surface area contributed by atoms with Crippen LogP contribution in [-0.4, -0.2) is 17.2 Å². The minimum atomic E-state index is -0.0781. The third-order valence-electron chi connectivity index (χ3n) is 5.41. The van der Waals surface area contributed by atoms with Crippen LogP contribution in [0.2, 0.25) is 0 Å². The van der Waals surface area contributed by atoms with Crippen molar-refractivity contribution in [2.24, 2.45) is 17.7 Å². The minimum absolute atomic E-state index is 0.0211. The van der Waals surface area contributed by atoms with E-state index in [9.17, 15) is 0 Å². The Hall–Kier alpha value is -0.120. The molecule has 0 aromatic rings. The van der Waals surface area contributed by atoms with Gasteiger partial charge in [0, 0.05) is 12.0 Å². The molecule has 118 valence electrons. The highest BCUT2D eigenvalue weighted by Crippen LogP contribution is 2.45. The van der Waals surface area contributed by atoms with Crippen molar-refractivity contribution in [1.82, 2.24) is 5.43 Å². The lowest BCUT2D eigenvalue weighted by Gasteiger charge is -2.34. The van der Waals surface area contributed by atoms with Crippen LogP contribution in [-0.2, 0) is 4.74 Å². The molecule has 3 nitrogen and oxygen atoms in total. The van der Waals surface area contributed by atoms with Crippen molar-refractivity contribution in [3.05, 3.63) is 0 Å². The summed E-state index contributed by atoms with van der Waals surface area (Å²) in [5.41, 5.74) is 3.03. The Balaban J connectivity index is 2.00. The van der Waals surface area contributed by atoms with E-state index in [0.29, 0.717) is 12.0 Å². The molecular formula is C17H34N2O. The average molecular weight is 282 g/mol. The van der Waals surface area contributed by atoms with E-state index in [1.165, 1.54) is 44.9 Å². The van der Waals surface area contributed by atoms with E-state index in [1.54, 1.807) is 0 Å². The topological polar surface area (TPSA) is 47.3 Å². The third kappa shape index (κ3) is 3.96. The van der Waals surface area contributed by atoms with Crippen LogP contribution in [0.25, 0.3) is 0 Å². The molecule has 2 rings (SSSR count). The van der Waals surface area contributed by atoms with Gasteiger partial charge in [0.25, 0.3) is 0 Å². The fraction of sp³-hybridized carbons (Fsp3) is 1.00. The van der Waals surface area contributed by atoms with Crippen molar-refractivity contribution in [2.75, 3.05) is 0 Å². The molecule has 1 aliphatic heterocycles. The first-order valence-corrected chi connectivity index (χ1v) is 8.50. The molecule has 1 aliphatic carbocycles. The molecule has 2 unspecified atom stereocenters. The number of hydrogen-bond acceptors (Lipinski definition) is 3. The number of rotatable bonds is 4. The summed E-state index contributed by atoms with van der Waals surface area (Å²) in [6.07, 6.45) is 10.7. The highest BCUT2D eigenvalue weighted by atomic mass is 16.5. The van der Waals surface area contributed by atoms with Crippen molar-refractivity contribution in [3.63, 3.8) is 0 Å². The van der Waals surface area contributed by atoms with Gasteiger partial charge in [-0.3, -0.25) is 11.3 Å². The van der Waals surface area contributed by atoms with E-state index in [2.05, 4.69) is 33.1 Å². The van der Waals surface area contributed by atoms with Crippen molar-refractivity contribution < 1.29 is 4.74 Å². The van der Waals surface area contributed by atoms with Crippen LogP contribution in [0, 0.1) is 11.8 Å². The van der Waals surface area contributed by atoms with Gasteiger partial charge in [-0.1, -0.05) is 38.5 Å². The maximum Gasteiger partial charge on any atom is 0.0678 e. The summed E-state index contributed by atoms with van der Waals surface area (Å²) in [5.74, 6) is 7.26. The molecule has 0 spiro atoms. The predicted octanol–water partition coefficient (Wildman–Crippen LogP) is 3.77. The van der Waals surface area contributed by atoms with Crippen molar-refractivity contribution in [1.29, 1.82) is 0 Å². The van der Waals surface area contributed by atoms with Crippen LogP contribution in [0.5, 0.6) is 0 Å². The SMILES string of the molecule is CC1(C)CC(C(CC2CCCCCC2)NN)C(C)(C)O1. The Labute approximate surface area is 125 Å². The molecule has 1 heterocycles. The predicted molar refractivity (Wildman–Crippen MR) is 84.3 cm³/mol. The van der Waals surface area contributed by atoms with Gasteiger partial charge in [0.2, 0.25) is 0 Å². The maximum atomic E-state index is 6.25. The van der Waals surface area contributed by atoms with Crippen LogP contribution in [0.15, 0.2) is 0 Å². The molecule has 2 fully saturated rings. The molecule has 1 saturated carbocycles. The molecule has 0 aromatic carbocycles. The van der Waals surface area contributed by atoms with Gasteiger partial charge in [-0.2, -0.15) is 0 Å². The Kier molecular flexibility index (Phi) is 5.14. The number of hydrogen-bond donors (Lipinski definition) is 2. The van der Waals surface area contributed by atoms with Crippen LogP contribution < -0.4 is 11.3 Å². The number of nitrogens with one attached hydrogen (secondary N) is 1. The first kappa shape index (κ1) is 16.3. The largest absolute Gasteiger partial charge is 0.369 e. The van der Waals surface area contributed by atoms with E-state index in [1.807, 2.05) is 0 Å². The second kappa shape index (κ2) is 6.33. The maximum absolute atomic E-state index is 6.25. The molecule has 0 radical (unpaired) electrons. The zero-order valence-electron chi connectivity index (χ0n) is 13.9. The fourth-order valence-electron chi connectivity index (χ4n) is 4.54. The molecule has 3 N–H and O–H groups in total. The summed E-state index contributed by atoms with van der Waals surface area (Å²) in [6.45, 7) is 8.86. The van der Waals surface area contributed by atoms with E-state index >= 15 is 0 Å². The summed E-state index contributed by atoms with van der Waals surface area (Å²) in [7, 11) is 0. The molecule has 0 aromatic heterocycles. The highest BCUT2D eigenvalue weighted by Gasteiger charge is 2.49. The molecule has 2 atom stereocenters. The lowest BCUT2D eigenvalue weighted by Crippen LogP contribution is -2.48. The highest BCUT2D eigenvalue weighted by molar-refractivity contribution is 4.99. The first-order chi connectivity index (χ1) is 9.34. The minimum Gasteiger partial charge on any atom is -0.369 e. The summed E-state index contributed by atoms with van der Waals surface area (Å²) >= 11 is 0. The van der Waals surface area contributed by atoms with Gasteiger partial charge in [0.05, 0.1) is 11.2 Å². The lowest BCUT2D eigenvalue weighted by atomic mass is 9.77. The summed E-state index contributed by atoms with van der Waals surface area (Å²) in [5, 5.41) is 0. The van der Waals surface area contributed by atoms with Gasteiger partial charge in [-0.05, 0) is 46.5 Å². The lowest BCUT2D eigenvalue weighted by molar-refractivity contribution is -0.0783. The van der Waals surface area contributed by atoms with Crippen LogP contribution >= 0.6 is 0 Å². The second-order valence-corrected chi connectivity index (χ2v) is 8.14. The zero-order valence-corrected chi connectivity index (χ0v) is 13.9. The van der Waals surface area contributed by atoms with Gasteiger partial charge >= 0.3 is 0 Å². The summed E-state index contributed by atoms with van der Waals surface area (Å²) < 4.78 is 6.25. The summed E-state index contributed by atoms with van der Waals surface area (Å²) in [4.78, 5) is 0. The van der Waals surface area contributed by atoms with Gasteiger partial charge in [0.1, 0.15) is 0 Å². The Morgan fingerprint density at radius 3 is 2.15 bits per heavy atom. The standard InChI is InChI=1S/C17H34N2O/c1-16(2)12-14(17(3,4)20-16)15(19-18)11-13-9-7-5-6-8-10-13/h13-15,19H,5-12,18H2,1-4H3. The first-order valence-electron chi connectivity index (χ1n) is 8.50.